The van der Waals surface area contributed by atoms with E-state index < -0.39 is 51.2 Å². The molecule has 1 aliphatic rings. The maximum Gasteiger partial charge on any atom is 0.287 e. The van der Waals surface area contributed by atoms with Crippen molar-refractivity contribution in [3.05, 3.63) is 76.7 Å². The molecule has 1 fully saturated rings. The summed E-state index contributed by atoms with van der Waals surface area (Å²) in [6, 6.07) is 11.1. The fourth-order valence-electron chi connectivity index (χ4n) is 4.36. The molecule has 2 atom stereocenters. The number of Topliss-reactive ketones (excluding diaryl/α,β-unsaturated/α-hetero) is 1. The van der Waals surface area contributed by atoms with Gasteiger partial charge in [0.05, 0.1) is 17.5 Å². The summed E-state index contributed by atoms with van der Waals surface area (Å²) in [7, 11) is -3.98. The number of aromatic nitrogens is 1. The van der Waals surface area contributed by atoms with Crippen LogP contribution >= 0.6 is 0 Å². The van der Waals surface area contributed by atoms with Crippen molar-refractivity contribution in [3.8, 4) is 11.3 Å². The summed E-state index contributed by atoms with van der Waals surface area (Å²) < 4.78 is 32.6. The maximum atomic E-state index is 13.2. The van der Waals surface area contributed by atoms with E-state index in [2.05, 4.69) is 15.6 Å². The summed E-state index contributed by atoms with van der Waals surface area (Å²) in [5, 5.41) is 16.0. The second kappa shape index (κ2) is 12.4. The Kier molecular flexibility index (Phi) is 8.93. The molecule has 0 aliphatic carbocycles. The Morgan fingerprint density at radius 2 is 1.85 bits per heavy atom. The highest BCUT2D eigenvalue weighted by atomic mass is 32.2. The lowest BCUT2D eigenvalue weighted by atomic mass is 10.0. The molecule has 216 valence electrons. The van der Waals surface area contributed by atoms with Crippen molar-refractivity contribution in [2.75, 3.05) is 13.1 Å². The second-order valence-electron chi connectivity index (χ2n) is 9.84. The predicted octanol–water partition coefficient (Wildman–Crippen LogP) is 2.54. The molecule has 4 rings (SSSR count). The summed E-state index contributed by atoms with van der Waals surface area (Å²) in [5.74, 6) is -1.84. The number of ketones is 1. The molecule has 0 spiro atoms. The van der Waals surface area contributed by atoms with Crippen molar-refractivity contribution in [2.45, 2.75) is 43.8 Å². The van der Waals surface area contributed by atoms with Crippen LogP contribution in [0, 0.1) is 16.0 Å². The van der Waals surface area contributed by atoms with Gasteiger partial charge in [0.25, 0.3) is 21.6 Å². The lowest BCUT2D eigenvalue weighted by Gasteiger charge is -2.24. The molecule has 41 heavy (non-hydrogen) atoms. The third-order valence-electron chi connectivity index (χ3n) is 6.61. The predicted molar refractivity (Wildman–Crippen MR) is 146 cm³/mol. The molecule has 0 saturated carbocycles. The number of furan rings is 1. The van der Waals surface area contributed by atoms with Crippen LogP contribution in [0.25, 0.3) is 11.3 Å². The molecule has 2 aromatic heterocycles. The first-order chi connectivity index (χ1) is 19.5. The van der Waals surface area contributed by atoms with Gasteiger partial charge in [-0.25, -0.2) is 13.4 Å². The second-order valence-corrected chi connectivity index (χ2v) is 11.7. The molecule has 14 heteroatoms. The molecule has 1 aromatic carbocycles. The van der Waals surface area contributed by atoms with Gasteiger partial charge in [-0.05, 0) is 55.2 Å². The van der Waals surface area contributed by atoms with E-state index in [-0.39, 0.29) is 35.4 Å². The Hall–Kier alpha value is -4.43. The first-order valence-electron chi connectivity index (χ1n) is 12.9. The standard InChI is InChI=1S/C27H29N5O8S/c1-17(2)25(30-26(34)23-13-12-22(40-23)18-8-10-19(11-9-18)32(36)37)27(35)29-20-6-5-15-31(16-21(20)33)41(38,39)24-7-3-4-14-28-24/h3-4,7-14,17,20,25H,5-6,15-16H2,1-2H3,(H,29,35)(H,30,34). The normalized spacial score (nSPS) is 17.0. The Morgan fingerprint density at radius 1 is 1.12 bits per heavy atom. The number of carbonyl (C=O) groups is 3. The third-order valence-corrected chi connectivity index (χ3v) is 8.37. The van der Waals surface area contributed by atoms with Gasteiger partial charge in [-0.1, -0.05) is 19.9 Å². The lowest BCUT2D eigenvalue weighted by Crippen LogP contribution is -2.54. The van der Waals surface area contributed by atoms with Gasteiger partial charge in [0.1, 0.15) is 11.8 Å². The number of amides is 2. The minimum atomic E-state index is -3.98. The molecule has 3 heterocycles. The van der Waals surface area contributed by atoms with Crippen LogP contribution in [0.3, 0.4) is 0 Å². The monoisotopic (exact) mass is 583 g/mol. The number of hydrogen-bond donors (Lipinski definition) is 2. The Balaban J connectivity index is 1.40. The van der Waals surface area contributed by atoms with Gasteiger partial charge in [-0.15, -0.1) is 0 Å². The van der Waals surface area contributed by atoms with Crippen LogP contribution in [-0.2, 0) is 19.6 Å². The first-order valence-corrected chi connectivity index (χ1v) is 14.3. The Bertz CT molecular complexity index is 1540. The van der Waals surface area contributed by atoms with Gasteiger partial charge >= 0.3 is 0 Å². The highest BCUT2D eigenvalue weighted by Gasteiger charge is 2.35. The summed E-state index contributed by atoms with van der Waals surface area (Å²) >= 11 is 0. The number of nitrogens with one attached hydrogen (secondary N) is 2. The van der Waals surface area contributed by atoms with E-state index in [4.69, 9.17) is 4.42 Å². The molecule has 2 amide bonds. The summed E-state index contributed by atoms with van der Waals surface area (Å²) in [6.45, 7) is 3.13. The van der Waals surface area contributed by atoms with Crippen LogP contribution in [0.2, 0.25) is 0 Å². The smallest absolute Gasteiger partial charge is 0.287 e. The van der Waals surface area contributed by atoms with Crippen molar-refractivity contribution >= 4 is 33.3 Å². The third kappa shape index (κ3) is 6.84. The van der Waals surface area contributed by atoms with E-state index in [9.17, 15) is 32.9 Å². The van der Waals surface area contributed by atoms with E-state index >= 15 is 0 Å². The van der Waals surface area contributed by atoms with E-state index in [0.717, 1.165) is 4.31 Å². The average molecular weight is 584 g/mol. The molecule has 0 bridgehead atoms. The quantitative estimate of drug-likeness (QED) is 0.282. The molecular formula is C27H29N5O8S. The van der Waals surface area contributed by atoms with Gasteiger partial charge < -0.3 is 15.1 Å². The maximum absolute atomic E-state index is 13.2. The number of sulfonamides is 1. The highest BCUT2D eigenvalue weighted by molar-refractivity contribution is 7.89. The number of nitrogens with zero attached hydrogens (tertiary/aromatic N) is 3. The first kappa shape index (κ1) is 29.6. The molecule has 1 aliphatic heterocycles. The van der Waals surface area contributed by atoms with Crippen LogP contribution in [0.5, 0.6) is 0 Å². The van der Waals surface area contributed by atoms with Crippen molar-refractivity contribution in [3.63, 3.8) is 0 Å². The summed E-state index contributed by atoms with van der Waals surface area (Å²) in [4.78, 5) is 53.3. The van der Waals surface area contributed by atoms with Gasteiger partial charge in [0, 0.05) is 30.4 Å². The summed E-state index contributed by atoms with van der Waals surface area (Å²) in [5.41, 5.74) is 0.442. The average Bonchev–Trinajstić information content (AvgIpc) is 3.37. The fourth-order valence-corrected chi connectivity index (χ4v) is 5.73. The number of rotatable bonds is 9. The van der Waals surface area contributed by atoms with Crippen LogP contribution in [0.15, 0.2) is 70.2 Å². The largest absolute Gasteiger partial charge is 0.451 e. The zero-order chi connectivity index (χ0) is 29.7. The topological polar surface area (TPSA) is 182 Å². The van der Waals surface area contributed by atoms with Gasteiger partial charge in [0.15, 0.2) is 16.6 Å². The lowest BCUT2D eigenvalue weighted by molar-refractivity contribution is -0.384. The SMILES string of the molecule is CC(C)C(NC(=O)c1ccc(-c2ccc([N+](=O)[O-])cc2)o1)C(=O)NC1CCCN(S(=O)(=O)c2ccccn2)CC1=O. The van der Waals surface area contributed by atoms with Crippen LogP contribution in [-0.4, -0.2) is 65.4 Å². The Morgan fingerprint density at radius 3 is 2.49 bits per heavy atom. The van der Waals surface area contributed by atoms with Crippen LogP contribution < -0.4 is 10.6 Å². The number of carbonyl (C=O) groups excluding carboxylic acids is 3. The van der Waals surface area contributed by atoms with Crippen molar-refractivity contribution in [1.82, 2.24) is 19.9 Å². The van der Waals surface area contributed by atoms with E-state index in [0.29, 0.717) is 17.7 Å². The van der Waals surface area contributed by atoms with Crippen LogP contribution in [0.4, 0.5) is 5.69 Å². The van der Waals surface area contributed by atoms with E-state index in [1.807, 2.05) is 0 Å². The number of non-ortho nitro benzene ring substituents is 1. The van der Waals surface area contributed by atoms with Gasteiger partial charge in [-0.3, -0.25) is 24.5 Å². The molecule has 1 saturated heterocycles. The minimum Gasteiger partial charge on any atom is -0.451 e. The Labute approximate surface area is 236 Å². The van der Waals surface area contributed by atoms with E-state index in [1.54, 1.807) is 26.0 Å². The fraction of sp³-hybridized carbons (Fsp3) is 0.333. The molecule has 3 aromatic rings. The number of benzene rings is 1. The van der Waals surface area contributed by atoms with Crippen molar-refractivity contribution < 1.29 is 32.1 Å². The zero-order valence-corrected chi connectivity index (χ0v) is 23.2. The minimum absolute atomic E-state index is 0.0716. The van der Waals surface area contributed by atoms with E-state index in [1.165, 1.54) is 48.7 Å². The molecule has 2 unspecified atom stereocenters. The van der Waals surface area contributed by atoms with Crippen LogP contribution in [0.1, 0.15) is 37.2 Å². The molecule has 13 nitrogen and oxygen atoms in total. The summed E-state index contributed by atoms with van der Waals surface area (Å²) in [6.07, 6.45) is 1.92. The number of nitro groups is 1. The number of hydrogen-bond acceptors (Lipinski definition) is 9. The number of pyridine rings is 1. The number of nitro benzene ring substituents is 1. The molecular weight excluding hydrogens is 554 g/mol. The van der Waals surface area contributed by atoms with Gasteiger partial charge in [0.2, 0.25) is 5.91 Å². The van der Waals surface area contributed by atoms with Gasteiger partial charge in [-0.2, -0.15) is 4.31 Å². The van der Waals surface area contributed by atoms with Crippen molar-refractivity contribution in [1.29, 1.82) is 0 Å². The molecule has 0 radical (unpaired) electrons. The molecule has 2 N–H and O–H groups in total. The highest BCUT2D eigenvalue weighted by Crippen LogP contribution is 2.25. The van der Waals surface area contributed by atoms with Crippen molar-refractivity contribution in [2.24, 2.45) is 5.92 Å². The zero-order valence-electron chi connectivity index (χ0n) is 22.3.